The molecule has 3 aromatic rings. The van der Waals surface area contributed by atoms with Gasteiger partial charge >= 0.3 is 0 Å². The number of carbonyl (C=O) groups excluding carboxylic acids is 1. The largest absolute Gasteiger partial charge is 0.378 e. The Morgan fingerprint density at radius 2 is 1.78 bits per heavy atom. The van der Waals surface area contributed by atoms with Gasteiger partial charge in [0.2, 0.25) is 5.91 Å². The van der Waals surface area contributed by atoms with Gasteiger partial charge in [-0.25, -0.2) is 4.98 Å². The first kappa shape index (κ1) is 18.4. The van der Waals surface area contributed by atoms with Crippen LogP contribution in [0.15, 0.2) is 60.9 Å². The number of amides is 1. The van der Waals surface area contributed by atoms with E-state index in [4.69, 9.17) is 0 Å². The first-order valence-corrected chi connectivity index (χ1v) is 8.59. The Morgan fingerprint density at radius 1 is 1.11 bits per heavy atom. The highest BCUT2D eigenvalue weighted by molar-refractivity contribution is 5.88. The van der Waals surface area contributed by atoms with Gasteiger partial charge in [0.15, 0.2) is 0 Å². The van der Waals surface area contributed by atoms with E-state index in [1.165, 1.54) is 6.92 Å². The van der Waals surface area contributed by atoms with E-state index in [0.29, 0.717) is 0 Å². The fourth-order valence-corrected chi connectivity index (χ4v) is 2.56. The maximum atomic E-state index is 11.1. The van der Waals surface area contributed by atoms with Crippen LogP contribution < -0.4 is 5.32 Å². The highest BCUT2D eigenvalue weighted by atomic mass is 16.3. The van der Waals surface area contributed by atoms with Crippen molar-refractivity contribution in [1.29, 1.82) is 0 Å². The molecule has 0 aliphatic carbocycles. The number of imidazole rings is 1. The van der Waals surface area contributed by atoms with E-state index in [1.807, 2.05) is 59.3 Å². The van der Waals surface area contributed by atoms with Crippen molar-refractivity contribution in [2.24, 2.45) is 0 Å². The van der Waals surface area contributed by atoms with Crippen molar-refractivity contribution >= 4 is 11.6 Å². The minimum Gasteiger partial charge on any atom is -0.378 e. The third-order valence-corrected chi connectivity index (χ3v) is 3.76. The number of hydrogen-bond acceptors (Lipinski definition) is 3. The molecule has 0 aliphatic rings. The quantitative estimate of drug-likeness (QED) is 0.702. The van der Waals surface area contributed by atoms with E-state index in [9.17, 15) is 9.90 Å². The van der Waals surface area contributed by atoms with Gasteiger partial charge in [0.05, 0.1) is 0 Å². The summed E-state index contributed by atoms with van der Waals surface area (Å²) in [5, 5.41) is 12.5. The molecule has 0 radical (unpaired) electrons. The highest BCUT2D eigenvalue weighted by Gasteiger charge is 2.09. The van der Waals surface area contributed by atoms with Crippen molar-refractivity contribution in [2.75, 3.05) is 5.32 Å². The number of benzene rings is 2. The van der Waals surface area contributed by atoms with E-state index >= 15 is 0 Å². The topological polar surface area (TPSA) is 67.2 Å². The number of aromatic nitrogens is 2. The van der Waals surface area contributed by atoms with Gasteiger partial charge in [-0.2, -0.15) is 0 Å². The third kappa shape index (κ3) is 4.84. The van der Waals surface area contributed by atoms with Crippen LogP contribution in [0.25, 0.3) is 17.1 Å². The van der Waals surface area contributed by atoms with Crippen LogP contribution in [0.1, 0.15) is 26.3 Å². The van der Waals surface area contributed by atoms with Gasteiger partial charge in [-0.15, -0.1) is 0 Å². The molecular formula is C22H21N3O2. The van der Waals surface area contributed by atoms with E-state index in [-0.39, 0.29) is 5.91 Å². The summed E-state index contributed by atoms with van der Waals surface area (Å²) in [6, 6.07) is 15.3. The van der Waals surface area contributed by atoms with Gasteiger partial charge in [-0.1, -0.05) is 24.0 Å². The number of carbonyl (C=O) groups is 1. The Labute approximate surface area is 158 Å². The van der Waals surface area contributed by atoms with Gasteiger partial charge < -0.3 is 10.4 Å². The molecule has 0 fully saturated rings. The number of rotatable bonds is 3. The molecule has 0 saturated carbocycles. The molecule has 1 heterocycles. The van der Waals surface area contributed by atoms with Crippen LogP contribution in [0.5, 0.6) is 0 Å². The summed E-state index contributed by atoms with van der Waals surface area (Å²) in [6.07, 6.45) is 3.64. The first-order valence-electron chi connectivity index (χ1n) is 8.59. The minimum absolute atomic E-state index is 0.0983. The predicted molar refractivity (Wildman–Crippen MR) is 106 cm³/mol. The molecule has 0 atom stereocenters. The van der Waals surface area contributed by atoms with Gasteiger partial charge in [0, 0.05) is 41.8 Å². The summed E-state index contributed by atoms with van der Waals surface area (Å²) in [5.41, 5.74) is 2.47. The lowest BCUT2D eigenvalue weighted by molar-refractivity contribution is -0.114. The molecule has 27 heavy (non-hydrogen) atoms. The van der Waals surface area contributed by atoms with Crippen molar-refractivity contribution in [3.8, 4) is 28.9 Å². The third-order valence-electron chi connectivity index (χ3n) is 3.76. The lowest BCUT2D eigenvalue weighted by atomic mass is 10.1. The zero-order chi connectivity index (χ0) is 19.4. The zero-order valence-corrected chi connectivity index (χ0v) is 15.5. The molecule has 136 valence electrons. The van der Waals surface area contributed by atoms with Crippen molar-refractivity contribution in [1.82, 2.24) is 9.55 Å². The molecule has 5 heteroatoms. The Bertz CT molecular complexity index is 999. The molecule has 0 bridgehead atoms. The molecule has 0 spiro atoms. The van der Waals surface area contributed by atoms with Crippen LogP contribution in [0.3, 0.4) is 0 Å². The molecule has 1 aromatic heterocycles. The van der Waals surface area contributed by atoms with E-state index in [2.05, 4.69) is 22.1 Å². The number of aliphatic hydroxyl groups is 1. The number of nitrogens with one attached hydrogen (secondary N) is 1. The summed E-state index contributed by atoms with van der Waals surface area (Å²) in [6.45, 7) is 4.79. The van der Waals surface area contributed by atoms with E-state index in [1.54, 1.807) is 20.0 Å². The Morgan fingerprint density at radius 3 is 2.37 bits per heavy atom. The summed E-state index contributed by atoms with van der Waals surface area (Å²) in [5.74, 6) is 6.48. The van der Waals surface area contributed by atoms with Crippen molar-refractivity contribution in [3.05, 3.63) is 66.5 Å². The van der Waals surface area contributed by atoms with E-state index < -0.39 is 5.60 Å². The second-order valence-corrected chi connectivity index (χ2v) is 6.74. The monoisotopic (exact) mass is 359 g/mol. The Balaban J connectivity index is 1.86. The lowest BCUT2D eigenvalue weighted by Crippen LogP contribution is -2.14. The van der Waals surface area contributed by atoms with Gasteiger partial charge in [-0.05, 0) is 50.2 Å². The van der Waals surface area contributed by atoms with Crippen molar-refractivity contribution < 1.29 is 9.90 Å². The Kier molecular flexibility index (Phi) is 5.11. The van der Waals surface area contributed by atoms with Crippen molar-refractivity contribution in [3.63, 3.8) is 0 Å². The normalized spacial score (nSPS) is 10.8. The second kappa shape index (κ2) is 7.48. The highest BCUT2D eigenvalue weighted by Crippen LogP contribution is 2.23. The van der Waals surface area contributed by atoms with Crippen LogP contribution in [0.4, 0.5) is 5.69 Å². The molecule has 0 aliphatic heterocycles. The molecule has 1 amide bonds. The number of hydrogen-bond donors (Lipinski definition) is 2. The van der Waals surface area contributed by atoms with Crippen molar-refractivity contribution in [2.45, 2.75) is 26.4 Å². The maximum absolute atomic E-state index is 11.1. The molecule has 2 N–H and O–H groups in total. The molecule has 3 rings (SSSR count). The maximum Gasteiger partial charge on any atom is 0.221 e. The number of anilines is 1. The average Bonchev–Trinajstić information content (AvgIpc) is 3.10. The van der Waals surface area contributed by atoms with Crippen LogP contribution in [-0.2, 0) is 4.79 Å². The van der Waals surface area contributed by atoms with Crippen LogP contribution in [-0.4, -0.2) is 26.2 Å². The first-order chi connectivity index (χ1) is 12.8. The second-order valence-electron chi connectivity index (χ2n) is 6.74. The standard InChI is InChI=1S/C22H21N3O2/c1-16(26)24-19-8-10-20(11-9-19)25-15-14-23-21(25)18-6-4-17(5-7-18)12-13-22(2,3)27/h4-11,14-15,27H,1-3H3,(H,24,26). The molecule has 0 unspecified atom stereocenters. The lowest BCUT2D eigenvalue weighted by Gasteiger charge is -2.10. The Hall–Kier alpha value is -3.36. The van der Waals surface area contributed by atoms with E-state index in [0.717, 1.165) is 28.3 Å². The van der Waals surface area contributed by atoms with Crippen LogP contribution in [0.2, 0.25) is 0 Å². The molecule has 0 saturated heterocycles. The summed E-state index contributed by atoms with van der Waals surface area (Å²) < 4.78 is 1.98. The molecule has 2 aromatic carbocycles. The predicted octanol–water partition coefficient (Wildman–Crippen LogP) is 3.62. The minimum atomic E-state index is -1.02. The van der Waals surface area contributed by atoms with Gasteiger partial charge in [0.1, 0.15) is 11.4 Å². The summed E-state index contributed by atoms with van der Waals surface area (Å²) >= 11 is 0. The smallest absolute Gasteiger partial charge is 0.221 e. The van der Waals surface area contributed by atoms with Crippen LogP contribution >= 0.6 is 0 Å². The fourth-order valence-electron chi connectivity index (χ4n) is 2.56. The van der Waals surface area contributed by atoms with Gasteiger partial charge in [0.25, 0.3) is 0 Å². The SMILES string of the molecule is CC(=O)Nc1ccc(-n2ccnc2-c2ccc(C#CC(C)(C)O)cc2)cc1. The fraction of sp³-hybridized carbons (Fsp3) is 0.182. The summed E-state index contributed by atoms with van der Waals surface area (Å²) in [7, 11) is 0. The summed E-state index contributed by atoms with van der Waals surface area (Å²) in [4.78, 5) is 15.6. The average molecular weight is 359 g/mol. The zero-order valence-electron chi connectivity index (χ0n) is 15.5. The number of nitrogens with zero attached hydrogens (tertiary/aromatic N) is 2. The molecular weight excluding hydrogens is 338 g/mol. The van der Waals surface area contributed by atoms with Gasteiger partial charge in [-0.3, -0.25) is 9.36 Å². The van der Waals surface area contributed by atoms with Crippen LogP contribution in [0, 0.1) is 11.8 Å². The molecule has 5 nitrogen and oxygen atoms in total.